The molecule has 0 aliphatic heterocycles. The highest BCUT2D eigenvalue weighted by Gasteiger charge is 2.20. The van der Waals surface area contributed by atoms with E-state index in [9.17, 15) is 0 Å². The predicted molar refractivity (Wildman–Crippen MR) is 224 cm³/mol. The second-order valence-corrected chi connectivity index (χ2v) is 13.7. The first-order valence-corrected chi connectivity index (χ1v) is 18.3. The average molecular weight is 694 g/mol. The van der Waals surface area contributed by atoms with Crippen LogP contribution in [0.4, 0.5) is 0 Å². The quantitative estimate of drug-likeness (QED) is 0.174. The van der Waals surface area contributed by atoms with Crippen molar-refractivity contribution < 1.29 is 0 Å². The van der Waals surface area contributed by atoms with E-state index in [4.69, 9.17) is 15.0 Å². The molecule has 0 amide bonds. The third-order valence-corrected chi connectivity index (χ3v) is 10.5. The molecule has 256 valence electrons. The lowest BCUT2D eigenvalue weighted by Gasteiger charge is -2.12. The Balaban J connectivity index is 1.20. The summed E-state index contributed by atoms with van der Waals surface area (Å²) < 4.78 is 4.59. The first-order valence-electron chi connectivity index (χ1n) is 18.3. The molecule has 0 N–H and O–H groups in total. The van der Waals surface area contributed by atoms with E-state index in [0.717, 1.165) is 49.7 Å². The Morgan fingerprint density at radius 3 is 1.70 bits per heavy atom. The highest BCUT2D eigenvalue weighted by atomic mass is 15.2. The third-order valence-electron chi connectivity index (χ3n) is 10.5. The van der Waals surface area contributed by atoms with Crippen LogP contribution < -0.4 is 0 Å². The summed E-state index contributed by atoms with van der Waals surface area (Å²) in [5, 5.41) is 5.98. The van der Waals surface area contributed by atoms with Crippen molar-refractivity contribution in [2.45, 2.75) is 13.8 Å². The number of nitrogens with zero attached hydrogens (tertiary/aromatic N) is 5. The molecular formula is C49H35N5. The molecule has 0 fully saturated rings. The van der Waals surface area contributed by atoms with Gasteiger partial charge in [-0.25, -0.2) is 4.98 Å². The molecular weight excluding hydrogens is 659 g/mol. The minimum absolute atomic E-state index is 0.582. The number of hydrogen-bond donors (Lipinski definition) is 0. The zero-order valence-electron chi connectivity index (χ0n) is 30.0. The predicted octanol–water partition coefficient (Wildman–Crippen LogP) is 12.4. The topological polar surface area (TPSA) is 48.5 Å². The Morgan fingerprint density at radius 1 is 0.444 bits per heavy atom. The zero-order chi connectivity index (χ0) is 36.2. The van der Waals surface area contributed by atoms with E-state index in [-0.39, 0.29) is 0 Å². The normalized spacial score (nSPS) is 11.8. The lowest BCUT2D eigenvalue weighted by molar-refractivity contribution is 0.953. The Hall–Kier alpha value is -7.11. The van der Waals surface area contributed by atoms with Gasteiger partial charge in [-0.1, -0.05) is 140 Å². The molecule has 3 heterocycles. The van der Waals surface area contributed by atoms with Gasteiger partial charge in [-0.05, 0) is 77.7 Å². The number of para-hydroxylation sites is 1. The lowest BCUT2D eigenvalue weighted by Crippen LogP contribution is -2.06. The lowest BCUT2D eigenvalue weighted by atomic mass is 10.0. The number of benzene rings is 7. The second kappa shape index (κ2) is 12.8. The fourth-order valence-corrected chi connectivity index (χ4v) is 7.86. The summed E-state index contributed by atoms with van der Waals surface area (Å²) in [7, 11) is 0. The number of hydrogen-bond acceptors (Lipinski definition) is 3. The van der Waals surface area contributed by atoms with Crippen molar-refractivity contribution in [1.29, 1.82) is 0 Å². The second-order valence-electron chi connectivity index (χ2n) is 13.7. The molecule has 54 heavy (non-hydrogen) atoms. The van der Waals surface area contributed by atoms with E-state index in [2.05, 4.69) is 138 Å². The summed E-state index contributed by atoms with van der Waals surface area (Å²) in [5.41, 5.74) is 11.0. The average Bonchev–Trinajstić information content (AvgIpc) is 3.71. The van der Waals surface area contributed by atoms with Crippen LogP contribution in [0.15, 0.2) is 170 Å². The van der Waals surface area contributed by atoms with Gasteiger partial charge in [0.2, 0.25) is 5.95 Å². The van der Waals surface area contributed by atoms with Crippen LogP contribution in [0.3, 0.4) is 0 Å². The molecule has 0 saturated heterocycles. The summed E-state index contributed by atoms with van der Waals surface area (Å²) in [6, 6.07) is 57.7. The van der Waals surface area contributed by atoms with Crippen LogP contribution in [-0.2, 0) is 0 Å². The molecule has 0 aliphatic carbocycles. The first kappa shape index (κ1) is 31.6. The van der Waals surface area contributed by atoms with Gasteiger partial charge < -0.3 is 4.57 Å². The van der Waals surface area contributed by atoms with Crippen LogP contribution in [0.1, 0.15) is 18.2 Å². The molecule has 5 nitrogen and oxygen atoms in total. The monoisotopic (exact) mass is 693 g/mol. The van der Waals surface area contributed by atoms with Crippen LogP contribution >= 0.6 is 0 Å². The van der Waals surface area contributed by atoms with Gasteiger partial charge in [-0.2, -0.15) is 9.97 Å². The third kappa shape index (κ3) is 5.21. The molecule has 0 unspecified atom stereocenters. The van der Waals surface area contributed by atoms with Crippen LogP contribution in [0, 0.1) is 6.92 Å². The standard InChI is InChI=1S/C49H35N5/c1-3-14-43-32(2)40-27-24-37(30-45(40)53(43)39-26-23-33-15-10-11-20-36(33)29-39)38-25-28-42-41-21-12-13-22-44(41)54(46(42)31-38)49-51-47(34-16-6-4-7-17-34)50-48(52-49)35-18-8-5-9-19-35/h3-31H,1-2H3/b14-3-. The Morgan fingerprint density at radius 2 is 1.02 bits per heavy atom. The molecule has 10 rings (SSSR count). The summed E-state index contributed by atoms with van der Waals surface area (Å²) in [4.78, 5) is 15.3. The summed E-state index contributed by atoms with van der Waals surface area (Å²) in [5.74, 6) is 1.85. The van der Waals surface area contributed by atoms with Gasteiger partial charge in [0.25, 0.3) is 0 Å². The van der Waals surface area contributed by atoms with Crippen molar-refractivity contribution >= 4 is 49.6 Å². The van der Waals surface area contributed by atoms with E-state index < -0.39 is 0 Å². The molecule has 0 saturated carbocycles. The number of allylic oxidation sites excluding steroid dienone is 1. The largest absolute Gasteiger partial charge is 0.310 e. The van der Waals surface area contributed by atoms with Crippen LogP contribution in [0.2, 0.25) is 0 Å². The molecule has 10 aromatic rings. The van der Waals surface area contributed by atoms with Crippen molar-refractivity contribution in [1.82, 2.24) is 24.1 Å². The van der Waals surface area contributed by atoms with Crippen LogP contribution in [0.25, 0.3) is 95.1 Å². The van der Waals surface area contributed by atoms with E-state index >= 15 is 0 Å². The molecule has 0 atom stereocenters. The van der Waals surface area contributed by atoms with Gasteiger partial charge in [-0.3, -0.25) is 4.57 Å². The van der Waals surface area contributed by atoms with Gasteiger partial charge in [0, 0.05) is 38.7 Å². The Labute approximate surface area is 313 Å². The molecule has 5 heteroatoms. The molecule has 0 spiro atoms. The van der Waals surface area contributed by atoms with Crippen LogP contribution in [-0.4, -0.2) is 24.1 Å². The van der Waals surface area contributed by atoms with Crippen molar-refractivity contribution in [2.75, 3.05) is 0 Å². The van der Waals surface area contributed by atoms with Gasteiger partial charge in [0.05, 0.1) is 16.6 Å². The Kier molecular flexibility index (Phi) is 7.51. The Bertz CT molecular complexity index is 3000. The minimum atomic E-state index is 0.582. The molecule has 0 aliphatic rings. The van der Waals surface area contributed by atoms with Gasteiger partial charge in [0.1, 0.15) is 0 Å². The van der Waals surface area contributed by atoms with E-state index in [1.807, 2.05) is 60.7 Å². The van der Waals surface area contributed by atoms with Crippen molar-refractivity contribution in [3.05, 3.63) is 181 Å². The smallest absolute Gasteiger partial charge is 0.238 e. The number of fused-ring (bicyclic) bond motifs is 5. The van der Waals surface area contributed by atoms with Crippen LogP contribution in [0.5, 0.6) is 0 Å². The van der Waals surface area contributed by atoms with E-state index in [0.29, 0.717) is 17.6 Å². The minimum Gasteiger partial charge on any atom is -0.310 e. The summed E-state index contributed by atoms with van der Waals surface area (Å²) >= 11 is 0. The summed E-state index contributed by atoms with van der Waals surface area (Å²) in [6.45, 7) is 4.31. The summed E-state index contributed by atoms with van der Waals surface area (Å²) in [6.07, 6.45) is 4.34. The molecule has 0 radical (unpaired) electrons. The van der Waals surface area contributed by atoms with Crippen molar-refractivity contribution in [2.24, 2.45) is 0 Å². The van der Waals surface area contributed by atoms with Gasteiger partial charge in [-0.15, -0.1) is 0 Å². The highest BCUT2D eigenvalue weighted by molar-refractivity contribution is 6.10. The number of rotatable bonds is 6. The first-order chi connectivity index (χ1) is 26.6. The SMILES string of the molecule is C/C=C\c1c(C)c2ccc(-c3ccc4c5ccccc5n(-c5nc(-c6ccccc6)nc(-c6ccccc6)n5)c4c3)cc2n1-c1ccc2ccccc2c1. The van der Waals surface area contributed by atoms with Gasteiger partial charge in [0.15, 0.2) is 11.6 Å². The fourth-order valence-electron chi connectivity index (χ4n) is 7.86. The van der Waals surface area contributed by atoms with Crippen molar-refractivity contribution in [3.8, 4) is 45.5 Å². The highest BCUT2D eigenvalue weighted by Crippen LogP contribution is 2.38. The number of aromatic nitrogens is 5. The van der Waals surface area contributed by atoms with E-state index in [1.54, 1.807) is 0 Å². The maximum atomic E-state index is 5.14. The maximum Gasteiger partial charge on any atom is 0.238 e. The van der Waals surface area contributed by atoms with Crippen molar-refractivity contribution in [3.63, 3.8) is 0 Å². The van der Waals surface area contributed by atoms with Gasteiger partial charge >= 0.3 is 0 Å². The maximum absolute atomic E-state index is 5.14. The van der Waals surface area contributed by atoms with E-state index in [1.165, 1.54) is 32.9 Å². The fraction of sp³-hybridized carbons (Fsp3) is 0.0408. The zero-order valence-corrected chi connectivity index (χ0v) is 30.0. The number of aryl methyl sites for hydroxylation is 1. The molecule has 0 bridgehead atoms. The molecule has 7 aromatic carbocycles. The molecule has 3 aromatic heterocycles.